The molecule has 0 aliphatic heterocycles. The SMILES string of the molecule is Cl.Cl.Cl.Nc1cc(N)c2[nH]nc(N)c2c1. The third-order valence-electron chi connectivity index (χ3n) is 1.76. The van der Waals surface area contributed by atoms with E-state index in [1.165, 1.54) is 0 Å². The lowest BCUT2D eigenvalue weighted by Crippen LogP contribution is -1.91. The zero-order valence-electron chi connectivity index (χ0n) is 7.56. The lowest BCUT2D eigenvalue weighted by atomic mass is 10.2. The Hall–Kier alpha value is -1.04. The first kappa shape index (κ1) is 16.4. The summed E-state index contributed by atoms with van der Waals surface area (Å²) in [6, 6.07) is 3.41. The summed E-state index contributed by atoms with van der Waals surface area (Å²) >= 11 is 0. The first-order valence-electron chi connectivity index (χ1n) is 3.47. The summed E-state index contributed by atoms with van der Waals surface area (Å²) in [5.41, 5.74) is 18.7. The number of halogens is 3. The van der Waals surface area contributed by atoms with Gasteiger partial charge in [-0.05, 0) is 12.1 Å². The average Bonchev–Trinajstić information content (AvgIpc) is 2.33. The molecule has 0 radical (unpaired) electrons. The van der Waals surface area contributed by atoms with Crippen molar-refractivity contribution < 1.29 is 0 Å². The number of nitrogen functional groups attached to an aromatic ring is 3. The Morgan fingerprint density at radius 2 is 1.60 bits per heavy atom. The molecule has 0 aliphatic rings. The van der Waals surface area contributed by atoms with Gasteiger partial charge in [-0.2, -0.15) is 5.10 Å². The Morgan fingerprint density at radius 1 is 1.00 bits per heavy atom. The van der Waals surface area contributed by atoms with Crippen LogP contribution >= 0.6 is 37.2 Å². The van der Waals surface area contributed by atoms with E-state index in [1.807, 2.05) is 0 Å². The van der Waals surface area contributed by atoms with E-state index in [2.05, 4.69) is 10.2 Å². The van der Waals surface area contributed by atoms with Crippen molar-refractivity contribution in [1.29, 1.82) is 0 Å². The lowest BCUT2D eigenvalue weighted by molar-refractivity contribution is 1.13. The second-order valence-electron chi connectivity index (χ2n) is 2.64. The normalized spacial score (nSPS) is 8.53. The molecule has 2 aromatic rings. The van der Waals surface area contributed by atoms with Crippen molar-refractivity contribution in [3.05, 3.63) is 12.1 Å². The molecule has 5 nitrogen and oxygen atoms in total. The summed E-state index contributed by atoms with van der Waals surface area (Å²) < 4.78 is 0. The number of anilines is 3. The molecule has 1 aromatic carbocycles. The molecule has 7 N–H and O–H groups in total. The number of hydrogen-bond acceptors (Lipinski definition) is 4. The van der Waals surface area contributed by atoms with Gasteiger partial charge in [-0.15, -0.1) is 37.2 Å². The predicted octanol–water partition coefficient (Wildman–Crippen LogP) is 1.57. The predicted molar refractivity (Wildman–Crippen MR) is 71.1 cm³/mol. The molecule has 0 aliphatic carbocycles. The summed E-state index contributed by atoms with van der Waals surface area (Å²) in [4.78, 5) is 0. The van der Waals surface area contributed by atoms with Gasteiger partial charge in [0.1, 0.15) is 0 Å². The van der Waals surface area contributed by atoms with Crippen molar-refractivity contribution in [1.82, 2.24) is 10.2 Å². The molecule has 8 heteroatoms. The van der Waals surface area contributed by atoms with Crippen LogP contribution in [0.1, 0.15) is 0 Å². The van der Waals surface area contributed by atoms with Gasteiger partial charge in [-0.1, -0.05) is 0 Å². The Balaban J connectivity index is 0. The van der Waals surface area contributed by atoms with E-state index in [-0.39, 0.29) is 37.2 Å². The number of nitrogens with zero attached hydrogens (tertiary/aromatic N) is 1. The van der Waals surface area contributed by atoms with Gasteiger partial charge in [-0.3, -0.25) is 5.10 Å². The number of benzene rings is 1. The fourth-order valence-electron chi connectivity index (χ4n) is 1.19. The van der Waals surface area contributed by atoms with Gasteiger partial charge in [0.2, 0.25) is 0 Å². The van der Waals surface area contributed by atoms with Gasteiger partial charge >= 0.3 is 0 Å². The molecule has 1 heterocycles. The van der Waals surface area contributed by atoms with Crippen LogP contribution in [0.15, 0.2) is 12.1 Å². The van der Waals surface area contributed by atoms with E-state index in [4.69, 9.17) is 17.2 Å². The Bertz CT molecular complexity index is 441. The van der Waals surface area contributed by atoms with Gasteiger partial charge in [-0.25, -0.2) is 0 Å². The first-order chi connectivity index (χ1) is 5.68. The summed E-state index contributed by atoms with van der Waals surface area (Å²) in [6.45, 7) is 0. The van der Waals surface area contributed by atoms with Crippen molar-refractivity contribution in [2.45, 2.75) is 0 Å². The van der Waals surface area contributed by atoms with Crippen molar-refractivity contribution in [3.63, 3.8) is 0 Å². The number of nitrogens with two attached hydrogens (primary N) is 3. The number of H-pyrrole nitrogens is 1. The standard InChI is InChI=1S/C7H9N5.3ClH/c8-3-1-4-6(5(9)2-3)11-12-7(4)10;;;/h1-2H,8-9H2,(H3,10,11,12);3*1H. The highest BCUT2D eigenvalue weighted by molar-refractivity contribution is 5.98. The van der Waals surface area contributed by atoms with Crippen molar-refractivity contribution in [3.8, 4) is 0 Å². The average molecular weight is 273 g/mol. The molecule has 0 amide bonds. The minimum absolute atomic E-state index is 0. The minimum atomic E-state index is 0. The van der Waals surface area contributed by atoms with E-state index in [0.29, 0.717) is 17.2 Å². The molecule has 15 heavy (non-hydrogen) atoms. The van der Waals surface area contributed by atoms with Crippen molar-refractivity contribution in [2.24, 2.45) is 0 Å². The van der Waals surface area contributed by atoms with Gasteiger partial charge in [0, 0.05) is 11.1 Å². The zero-order chi connectivity index (χ0) is 8.72. The molecular formula is C7H12Cl3N5. The Kier molecular flexibility index (Phi) is 6.28. The lowest BCUT2D eigenvalue weighted by Gasteiger charge is -1.97. The van der Waals surface area contributed by atoms with Crippen LogP contribution in [0, 0.1) is 0 Å². The minimum Gasteiger partial charge on any atom is -0.399 e. The number of hydrogen-bond donors (Lipinski definition) is 4. The second-order valence-corrected chi connectivity index (χ2v) is 2.64. The largest absolute Gasteiger partial charge is 0.399 e. The van der Waals surface area contributed by atoms with Crippen LogP contribution < -0.4 is 17.2 Å². The van der Waals surface area contributed by atoms with E-state index in [0.717, 1.165) is 10.9 Å². The molecule has 0 saturated carbocycles. The Morgan fingerprint density at radius 3 is 2.20 bits per heavy atom. The number of fused-ring (bicyclic) bond motifs is 1. The first-order valence-corrected chi connectivity index (χ1v) is 3.47. The molecule has 0 fully saturated rings. The molecule has 0 spiro atoms. The van der Waals surface area contributed by atoms with Crippen molar-refractivity contribution in [2.75, 3.05) is 17.2 Å². The Labute approximate surface area is 105 Å². The third kappa shape index (κ3) is 2.71. The number of nitrogens with one attached hydrogen (secondary N) is 1. The second kappa shape index (κ2) is 5.75. The van der Waals surface area contributed by atoms with E-state index >= 15 is 0 Å². The highest BCUT2D eigenvalue weighted by Gasteiger charge is 2.05. The fraction of sp³-hybridized carbons (Fsp3) is 0. The monoisotopic (exact) mass is 271 g/mol. The molecule has 1 aromatic heterocycles. The van der Waals surface area contributed by atoms with Crippen LogP contribution in [0.4, 0.5) is 17.2 Å². The maximum atomic E-state index is 5.66. The topological polar surface area (TPSA) is 107 Å². The maximum absolute atomic E-state index is 5.66. The van der Waals surface area contributed by atoms with Crippen LogP contribution in [-0.4, -0.2) is 10.2 Å². The fourth-order valence-corrected chi connectivity index (χ4v) is 1.19. The molecule has 0 unspecified atom stereocenters. The molecule has 0 bridgehead atoms. The van der Waals surface area contributed by atoms with E-state index < -0.39 is 0 Å². The maximum Gasteiger partial charge on any atom is 0.153 e. The van der Waals surface area contributed by atoms with Crippen LogP contribution in [0.2, 0.25) is 0 Å². The van der Waals surface area contributed by atoms with E-state index in [9.17, 15) is 0 Å². The van der Waals surface area contributed by atoms with Gasteiger partial charge in [0.15, 0.2) is 5.82 Å². The van der Waals surface area contributed by atoms with Crippen molar-refractivity contribution >= 4 is 65.3 Å². The number of aromatic nitrogens is 2. The smallest absolute Gasteiger partial charge is 0.153 e. The molecule has 0 saturated heterocycles. The van der Waals surface area contributed by atoms with Crippen LogP contribution in [0.25, 0.3) is 10.9 Å². The van der Waals surface area contributed by atoms with Gasteiger partial charge in [0.05, 0.1) is 11.2 Å². The molecular weight excluding hydrogens is 260 g/mol. The van der Waals surface area contributed by atoms with Crippen LogP contribution in [0.5, 0.6) is 0 Å². The van der Waals surface area contributed by atoms with E-state index in [1.54, 1.807) is 12.1 Å². The van der Waals surface area contributed by atoms with Gasteiger partial charge in [0.25, 0.3) is 0 Å². The molecule has 86 valence electrons. The van der Waals surface area contributed by atoms with Gasteiger partial charge < -0.3 is 17.2 Å². The quantitative estimate of drug-likeness (QED) is 0.546. The zero-order valence-corrected chi connectivity index (χ0v) is 10.0. The number of rotatable bonds is 0. The third-order valence-corrected chi connectivity index (χ3v) is 1.76. The number of aromatic amines is 1. The van der Waals surface area contributed by atoms with Crippen LogP contribution in [0.3, 0.4) is 0 Å². The molecule has 0 atom stereocenters. The summed E-state index contributed by atoms with van der Waals surface area (Å²) in [5, 5.41) is 7.31. The van der Waals surface area contributed by atoms with Crippen LogP contribution in [-0.2, 0) is 0 Å². The summed E-state index contributed by atoms with van der Waals surface area (Å²) in [5.74, 6) is 0.420. The highest BCUT2D eigenvalue weighted by Crippen LogP contribution is 2.25. The molecule has 2 rings (SSSR count). The highest BCUT2D eigenvalue weighted by atomic mass is 35.5. The summed E-state index contributed by atoms with van der Waals surface area (Å²) in [7, 11) is 0. The summed E-state index contributed by atoms with van der Waals surface area (Å²) in [6.07, 6.45) is 0.